The first-order valence-electron chi connectivity index (χ1n) is 11.9. The lowest BCUT2D eigenvalue weighted by molar-refractivity contribution is -0.122. The monoisotopic (exact) mass is 537 g/mol. The minimum atomic E-state index is -3.95. The zero-order chi connectivity index (χ0) is 26.5. The molecule has 0 spiro atoms. The molecule has 37 heavy (non-hydrogen) atoms. The smallest absolute Gasteiger partial charge is 0.308 e. The van der Waals surface area contributed by atoms with Crippen LogP contribution in [0.1, 0.15) is 31.0 Å². The highest BCUT2D eigenvalue weighted by atomic mass is 32.2. The van der Waals surface area contributed by atoms with E-state index in [4.69, 9.17) is 4.74 Å². The molecular formula is C27H27N3O5S2. The van der Waals surface area contributed by atoms with E-state index in [-0.39, 0.29) is 22.4 Å². The van der Waals surface area contributed by atoms with Crippen molar-refractivity contribution in [2.75, 3.05) is 16.2 Å². The van der Waals surface area contributed by atoms with Crippen LogP contribution < -0.4 is 19.2 Å². The van der Waals surface area contributed by atoms with Gasteiger partial charge in [0.15, 0.2) is 6.10 Å². The number of rotatable bonds is 5. The number of nitrogens with zero attached hydrogens (tertiary/aromatic N) is 2. The Balaban J connectivity index is 1.46. The third kappa shape index (κ3) is 4.62. The molecule has 0 fully saturated rings. The lowest BCUT2D eigenvalue weighted by Crippen LogP contribution is -2.48. The molecule has 10 heteroatoms. The molecule has 0 radical (unpaired) electrons. The van der Waals surface area contributed by atoms with Crippen molar-refractivity contribution in [1.29, 1.82) is 0 Å². The van der Waals surface area contributed by atoms with Gasteiger partial charge in [-0.3, -0.25) is 18.5 Å². The maximum atomic E-state index is 13.6. The van der Waals surface area contributed by atoms with Gasteiger partial charge in [0.1, 0.15) is 5.75 Å². The van der Waals surface area contributed by atoms with Gasteiger partial charge in [0.25, 0.3) is 15.9 Å². The fourth-order valence-electron chi connectivity index (χ4n) is 4.39. The molecule has 0 bridgehead atoms. The molecule has 4 aromatic rings. The Labute approximate surface area is 219 Å². The van der Waals surface area contributed by atoms with Crippen LogP contribution in [0.15, 0.2) is 70.4 Å². The topological polar surface area (TPSA) is 97.7 Å². The van der Waals surface area contributed by atoms with E-state index < -0.39 is 22.0 Å². The summed E-state index contributed by atoms with van der Waals surface area (Å²) in [6.07, 6.45) is -1.08. The molecule has 1 atom stereocenters. The minimum Gasteiger partial charge on any atom is -0.476 e. The van der Waals surface area contributed by atoms with E-state index in [0.29, 0.717) is 17.1 Å². The summed E-state index contributed by atoms with van der Waals surface area (Å²) >= 11 is 1.12. The molecule has 1 aliphatic rings. The Morgan fingerprint density at radius 1 is 1.03 bits per heavy atom. The number of anilines is 2. The van der Waals surface area contributed by atoms with Crippen molar-refractivity contribution >= 4 is 48.9 Å². The summed E-state index contributed by atoms with van der Waals surface area (Å²) in [5.74, 6) is -0.156. The van der Waals surface area contributed by atoms with Crippen LogP contribution in [0.25, 0.3) is 10.2 Å². The van der Waals surface area contributed by atoms with Gasteiger partial charge in [-0.25, -0.2) is 8.42 Å². The minimum absolute atomic E-state index is 0.0160. The molecule has 1 aromatic heterocycles. The number of carbonyl (C=O) groups excluding carboxylic acids is 1. The largest absolute Gasteiger partial charge is 0.476 e. The number of fused-ring (bicyclic) bond motifs is 2. The van der Waals surface area contributed by atoms with Gasteiger partial charge in [-0.2, -0.15) is 0 Å². The number of benzene rings is 3. The Morgan fingerprint density at radius 2 is 1.73 bits per heavy atom. The number of aryl methyl sites for hydroxylation is 2. The molecule has 5 rings (SSSR count). The first kappa shape index (κ1) is 25.0. The first-order valence-corrected chi connectivity index (χ1v) is 14.1. The van der Waals surface area contributed by atoms with Crippen molar-refractivity contribution in [3.63, 3.8) is 0 Å². The Bertz CT molecular complexity index is 1670. The average molecular weight is 538 g/mol. The van der Waals surface area contributed by atoms with E-state index in [0.717, 1.165) is 32.7 Å². The second kappa shape index (κ2) is 9.35. The third-order valence-electron chi connectivity index (χ3n) is 6.28. The second-order valence-corrected chi connectivity index (χ2v) is 12.3. The summed E-state index contributed by atoms with van der Waals surface area (Å²) in [6.45, 7) is 7.46. The summed E-state index contributed by atoms with van der Waals surface area (Å²) in [5, 5.41) is 2.84. The SMILES string of the molecule is Cc1ccc(S(=O)(=O)N2CC(C(=O)Nc3ccc4c(c3)sc(=O)n4C(C)C)Oc3cc(C)ccc32)cc1. The molecule has 1 N–H and O–H groups in total. The highest BCUT2D eigenvalue weighted by Gasteiger charge is 2.37. The van der Waals surface area contributed by atoms with Crippen LogP contribution in [0.2, 0.25) is 0 Å². The highest BCUT2D eigenvalue weighted by molar-refractivity contribution is 7.92. The molecule has 0 saturated heterocycles. The fraction of sp³-hybridized carbons (Fsp3) is 0.259. The van der Waals surface area contributed by atoms with Crippen LogP contribution >= 0.6 is 11.3 Å². The quantitative estimate of drug-likeness (QED) is 0.392. The maximum absolute atomic E-state index is 13.6. The summed E-state index contributed by atoms with van der Waals surface area (Å²) < 4.78 is 36.9. The molecule has 0 saturated carbocycles. The van der Waals surface area contributed by atoms with Gasteiger partial charge in [-0.1, -0.05) is 35.1 Å². The first-order chi connectivity index (χ1) is 17.5. The number of sulfonamides is 1. The van der Waals surface area contributed by atoms with Crippen LogP contribution in [-0.2, 0) is 14.8 Å². The van der Waals surface area contributed by atoms with E-state index in [1.54, 1.807) is 59.2 Å². The molecule has 0 aliphatic carbocycles. The summed E-state index contributed by atoms with van der Waals surface area (Å²) in [7, 11) is -3.95. The van der Waals surface area contributed by atoms with Crippen molar-refractivity contribution in [3.05, 3.63) is 81.5 Å². The van der Waals surface area contributed by atoms with E-state index in [1.165, 1.54) is 4.31 Å². The average Bonchev–Trinajstić information content (AvgIpc) is 3.18. The summed E-state index contributed by atoms with van der Waals surface area (Å²) in [6, 6.07) is 17.1. The number of amides is 1. The summed E-state index contributed by atoms with van der Waals surface area (Å²) in [5.41, 5.74) is 3.51. The Morgan fingerprint density at radius 3 is 2.43 bits per heavy atom. The van der Waals surface area contributed by atoms with E-state index in [9.17, 15) is 18.0 Å². The van der Waals surface area contributed by atoms with Crippen LogP contribution in [-0.4, -0.2) is 31.5 Å². The number of nitrogens with one attached hydrogen (secondary N) is 1. The summed E-state index contributed by atoms with van der Waals surface area (Å²) in [4.78, 5) is 25.8. The number of aromatic nitrogens is 1. The van der Waals surface area contributed by atoms with Crippen molar-refractivity contribution < 1.29 is 17.9 Å². The predicted molar refractivity (Wildman–Crippen MR) is 146 cm³/mol. The fourth-order valence-corrected chi connectivity index (χ4v) is 6.92. The molecule has 1 amide bonds. The Kier molecular flexibility index (Phi) is 6.33. The van der Waals surface area contributed by atoms with Gasteiger partial charge in [0, 0.05) is 11.7 Å². The molecule has 3 aromatic carbocycles. The molecular weight excluding hydrogens is 510 g/mol. The molecule has 1 unspecified atom stereocenters. The molecule has 2 heterocycles. The highest BCUT2D eigenvalue weighted by Crippen LogP contribution is 2.38. The van der Waals surface area contributed by atoms with Crippen molar-refractivity contribution in [3.8, 4) is 5.75 Å². The van der Waals surface area contributed by atoms with Crippen molar-refractivity contribution in [1.82, 2.24) is 4.57 Å². The maximum Gasteiger partial charge on any atom is 0.308 e. The lowest BCUT2D eigenvalue weighted by Gasteiger charge is -2.35. The normalized spacial score (nSPS) is 15.5. The predicted octanol–water partition coefficient (Wildman–Crippen LogP) is 4.86. The van der Waals surface area contributed by atoms with Crippen LogP contribution in [0.5, 0.6) is 5.75 Å². The molecule has 8 nitrogen and oxygen atoms in total. The van der Waals surface area contributed by atoms with E-state index >= 15 is 0 Å². The van der Waals surface area contributed by atoms with Crippen LogP contribution in [0.3, 0.4) is 0 Å². The van der Waals surface area contributed by atoms with Gasteiger partial charge in [-0.15, -0.1) is 0 Å². The number of carbonyl (C=O) groups is 1. The third-order valence-corrected chi connectivity index (χ3v) is 9.00. The van der Waals surface area contributed by atoms with Crippen molar-refractivity contribution in [2.45, 2.75) is 44.7 Å². The van der Waals surface area contributed by atoms with Gasteiger partial charge >= 0.3 is 4.87 Å². The van der Waals surface area contributed by atoms with Gasteiger partial charge < -0.3 is 10.1 Å². The standard InChI is InChI=1S/C27H27N3O5S2/c1-16(2)30-22-12-8-19(14-25(22)36-27(30)32)28-26(31)24-15-29(21-11-7-18(4)13-23(21)35-24)37(33,34)20-9-5-17(3)6-10-20/h5-14,16,24H,15H2,1-4H3,(H,28,31). The van der Waals surface area contributed by atoms with Crippen LogP contribution in [0, 0.1) is 13.8 Å². The number of hydrogen-bond acceptors (Lipinski definition) is 6. The second-order valence-electron chi connectivity index (χ2n) is 9.43. The van der Waals surface area contributed by atoms with Crippen LogP contribution in [0.4, 0.5) is 11.4 Å². The molecule has 1 aliphatic heterocycles. The molecule has 192 valence electrons. The number of ether oxygens (including phenoxy) is 1. The van der Waals surface area contributed by atoms with Crippen molar-refractivity contribution in [2.24, 2.45) is 0 Å². The van der Waals surface area contributed by atoms with Gasteiger partial charge in [0.2, 0.25) is 0 Å². The number of thiazole rings is 1. The van der Waals surface area contributed by atoms with Gasteiger partial charge in [0.05, 0.1) is 27.3 Å². The van der Waals surface area contributed by atoms with Gasteiger partial charge in [-0.05, 0) is 75.7 Å². The Hall–Kier alpha value is -3.63. The zero-order valence-corrected chi connectivity index (χ0v) is 22.5. The van der Waals surface area contributed by atoms with E-state index in [1.807, 2.05) is 33.8 Å². The lowest BCUT2D eigenvalue weighted by atomic mass is 10.1. The van der Waals surface area contributed by atoms with E-state index in [2.05, 4.69) is 5.32 Å². The number of hydrogen-bond donors (Lipinski definition) is 1. The zero-order valence-electron chi connectivity index (χ0n) is 20.9.